The van der Waals surface area contributed by atoms with Crippen molar-refractivity contribution in [2.45, 2.75) is 12.3 Å². The lowest BCUT2D eigenvalue weighted by Gasteiger charge is -2.23. The number of aromatic amines is 1. The summed E-state index contributed by atoms with van der Waals surface area (Å²) < 4.78 is 1.91. The Morgan fingerprint density at radius 3 is 2.43 bits per heavy atom. The number of anilines is 1. The summed E-state index contributed by atoms with van der Waals surface area (Å²) in [6, 6.07) is 24.8. The van der Waals surface area contributed by atoms with E-state index >= 15 is 0 Å². The van der Waals surface area contributed by atoms with Gasteiger partial charge in [0.25, 0.3) is 0 Å². The van der Waals surface area contributed by atoms with Gasteiger partial charge in [0.05, 0.1) is 16.9 Å². The fourth-order valence-corrected chi connectivity index (χ4v) is 4.79. The van der Waals surface area contributed by atoms with Gasteiger partial charge in [0.15, 0.2) is 11.6 Å². The van der Waals surface area contributed by atoms with E-state index in [1.54, 1.807) is 6.07 Å². The first-order chi connectivity index (χ1) is 17.1. The van der Waals surface area contributed by atoms with Gasteiger partial charge < -0.3 is 4.90 Å². The van der Waals surface area contributed by atoms with Crippen molar-refractivity contribution in [3.63, 3.8) is 0 Å². The lowest BCUT2D eigenvalue weighted by molar-refractivity contribution is -0.121. The fraction of sp³-hybridized carbons (Fsp3) is 0.115. The van der Waals surface area contributed by atoms with Crippen LogP contribution in [0.25, 0.3) is 28.0 Å². The van der Waals surface area contributed by atoms with Crippen molar-refractivity contribution in [3.05, 3.63) is 90.4 Å². The van der Waals surface area contributed by atoms with Crippen LogP contribution < -0.4 is 4.90 Å². The maximum atomic E-state index is 14.0. The Morgan fingerprint density at radius 2 is 1.63 bits per heavy atom. The van der Waals surface area contributed by atoms with Crippen molar-refractivity contribution in [2.75, 3.05) is 11.4 Å². The maximum absolute atomic E-state index is 14.0. The van der Waals surface area contributed by atoms with E-state index < -0.39 is 11.2 Å². The maximum Gasteiger partial charge on any atom is 0.241 e. The molecule has 2 aromatic heterocycles. The summed E-state index contributed by atoms with van der Waals surface area (Å²) in [6.07, 6.45) is 0.299. The number of amides is 1. The van der Waals surface area contributed by atoms with Gasteiger partial charge in [0.1, 0.15) is 12.5 Å². The predicted molar refractivity (Wildman–Crippen MR) is 133 cm³/mol. The highest BCUT2D eigenvalue weighted by molar-refractivity contribution is 6.64. The molecule has 8 nitrogen and oxygen atoms in total. The van der Waals surface area contributed by atoms with E-state index in [1.165, 1.54) is 4.90 Å². The molecular weight excluding hydrogens is 464 g/mol. The monoisotopic (exact) mass is 482 g/mol. The molecule has 9 heteroatoms. The van der Waals surface area contributed by atoms with Gasteiger partial charge in [-0.1, -0.05) is 60.7 Å². The number of fused-ring (bicyclic) bond motifs is 4. The van der Waals surface area contributed by atoms with E-state index in [4.69, 9.17) is 11.6 Å². The Bertz CT molecular complexity index is 1580. The molecule has 1 aliphatic heterocycles. The molecule has 172 valence electrons. The van der Waals surface area contributed by atoms with Gasteiger partial charge in [-0.15, -0.1) is 10.2 Å². The van der Waals surface area contributed by atoms with Gasteiger partial charge in [-0.2, -0.15) is 5.10 Å². The number of nitrogens with zero attached hydrogens (tertiary/aromatic N) is 5. The summed E-state index contributed by atoms with van der Waals surface area (Å²) in [5.41, 5.74) is 3.75. The third-order valence-corrected chi connectivity index (χ3v) is 6.36. The standard InChI is InChI=1S/C26H19ClN6O2/c27-23(34)15-32-21-12-6-7-13-22(21)33-24(16-8-2-1-3-9-16)30-31-25(33)18(26(32)35)14-20-17-10-4-5-11-19(17)28-29-20/h1-13,18H,14-15H2,(H,28,29). The molecule has 3 heterocycles. The van der Waals surface area contributed by atoms with Crippen LogP contribution in [0.4, 0.5) is 5.69 Å². The number of rotatable bonds is 5. The Labute approximate surface area is 205 Å². The van der Waals surface area contributed by atoms with Crippen molar-refractivity contribution >= 4 is 39.3 Å². The van der Waals surface area contributed by atoms with E-state index in [0.717, 1.165) is 22.2 Å². The zero-order valence-corrected chi connectivity index (χ0v) is 19.2. The van der Waals surface area contributed by atoms with E-state index in [0.29, 0.717) is 29.4 Å². The molecule has 0 saturated heterocycles. The summed E-state index contributed by atoms with van der Waals surface area (Å²) in [5.74, 6) is 0.0898. The van der Waals surface area contributed by atoms with Gasteiger partial charge in [0, 0.05) is 23.1 Å². The Morgan fingerprint density at radius 1 is 0.914 bits per heavy atom. The lowest BCUT2D eigenvalue weighted by atomic mass is 9.98. The van der Waals surface area contributed by atoms with Crippen LogP contribution in [0, 0.1) is 0 Å². The molecule has 0 radical (unpaired) electrons. The summed E-state index contributed by atoms with van der Waals surface area (Å²) in [4.78, 5) is 27.5. The van der Waals surface area contributed by atoms with Crippen LogP contribution in [-0.2, 0) is 16.0 Å². The van der Waals surface area contributed by atoms with E-state index in [1.807, 2.05) is 77.4 Å². The second-order valence-electron chi connectivity index (χ2n) is 8.33. The van der Waals surface area contributed by atoms with Crippen molar-refractivity contribution in [2.24, 2.45) is 0 Å². The molecular formula is C26H19ClN6O2. The van der Waals surface area contributed by atoms with Crippen LogP contribution in [0.5, 0.6) is 0 Å². The van der Waals surface area contributed by atoms with E-state index in [2.05, 4.69) is 20.4 Å². The molecule has 1 aliphatic rings. The van der Waals surface area contributed by atoms with Crippen LogP contribution in [0.15, 0.2) is 78.9 Å². The molecule has 0 aliphatic carbocycles. The SMILES string of the molecule is O=C(Cl)CN1C(=O)C(Cc2[nH]nc3ccccc23)c2nnc(-c3ccccc3)n2-c2ccccc21. The number of hydrogen-bond donors (Lipinski definition) is 1. The topological polar surface area (TPSA) is 96.8 Å². The smallest absolute Gasteiger partial charge is 0.241 e. The quantitative estimate of drug-likeness (QED) is 0.378. The van der Waals surface area contributed by atoms with Crippen LogP contribution in [0.3, 0.4) is 0 Å². The van der Waals surface area contributed by atoms with Gasteiger partial charge in [-0.05, 0) is 29.8 Å². The Kier molecular flexibility index (Phi) is 5.15. The van der Waals surface area contributed by atoms with Crippen molar-refractivity contribution in [1.29, 1.82) is 0 Å². The summed E-state index contributed by atoms with van der Waals surface area (Å²) in [7, 11) is 0. The van der Waals surface area contributed by atoms with Crippen molar-refractivity contribution in [3.8, 4) is 17.1 Å². The molecule has 35 heavy (non-hydrogen) atoms. The zero-order chi connectivity index (χ0) is 23.9. The highest BCUT2D eigenvalue weighted by Gasteiger charge is 2.38. The summed E-state index contributed by atoms with van der Waals surface area (Å²) >= 11 is 5.79. The zero-order valence-electron chi connectivity index (χ0n) is 18.4. The van der Waals surface area contributed by atoms with E-state index in [9.17, 15) is 9.59 Å². The first-order valence-corrected chi connectivity index (χ1v) is 11.5. The normalized spacial score (nSPS) is 15.1. The molecule has 5 aromatic rings. The lowest BCUT2D eigenvalue weighted by Crippen LogP contribution is -2.38. The number of aromatic nitrogens is 5. The van der Waals surface area contributed by atoms with Crippen LogP contribution in [0.2, 0.25) is 0 Å². The van der Waals surface area contributed by atoms with Gasteiger partial charge in [0.2, 0.25) is 11.1 Å². The summed E-state index contributed by atoms with van der Waals surface area (Å²) in [6.45, 7) is -0.253. The number of halogens is 1. The van der Waals surface area contributed by atoms with E-state index in [-0.39, 0.29) is 12.5 Å². The minimum Gasteiger partial charge on any atom is -0.301 e. The number of nitrogens with one attached hydrogen (secondary N) is 1. The number of hydrogen-bond acceptors (Lipinski definition) is 5. The molecule has 0 saturated carbocycles. The number of para-hydroxylation sites is 3. The minimum absolute atomic E-state index is 0.253. The van der Waals surface area contributed by atoms with Crippen LogP contribution in [0.1, 0.15) is 17.4 Å². The first-order valence-electron chi connectivity index (χ1n) is 11.1. The van der Waals surface area contributed by atoms with Crippen molar-refractivity contribution < 1.29 is 9.59 Å². The molecule has 1 N–H and O–H groups in total. The largest absolute Gasteiger partial charge is 0.301 e. The fourth-order valence-electron chi connectivity index (χ4n) is 4.67. The molecule has 0 bridgehead atoms. The number of carbonyl (C=O) groups excluding carboxylic acids is 2. The van der Waals surface area contributed by atoms with Gasteiger partial charge >= 0.3 is 0 Å². The number of H-pyrrole nitrogens is 1. The average Bonchev–Trinajstić information content (AvgIpc) is 3.48. The molecule has 1 unspecified atom stereocenters. The number of carbonyl (C=O) groups is 2. The Hall–Kier alpha value is -4.30. The highest BCUT2D eigenvalue weighted by atomic mass is 35.5. The minimum atomic E-state index is -0.729. The number of benzene rings is 3. The van der Waals surface area contributed by atoms with Crippen LogP contribution >= 0.6 is 11.6 Å². The van der Waals surface area contributed by atoms with Crippen molar-refractivity contribution in [1.82, 2.24) is 25.0 Å². The third kappa shape index (κ3) is 3.59. The second kappa shape index (κ2) is 8.48. The van der Waals surface area contributed by atoms with Crippen LogP contribution in [-0.4, -0.2) is 42.7 Å². The van der Waals surface area contributed by atoms with Gasteiger partial charge in [-0.25, -0.2) is 0 Å². The van der Waals surface area contributed by atoms with Gasteiger partial charge in [-0.3, -0.25) is 19.3 Å². The molecule has 6 rings (SSSR count). The second-order valence-corrected chi connectivity index (χ2v) is 8.75. The first kappa shape index (κ1) is 21.2. The predicted octanol–water partition coefficient (Wildman–Crippen LogP) is 4.25. The highest BCUT2D eigenvalue weighted by Crippen LogP contribution is 2.38. The average molecular weight is 483 g/mol. The molecule has 0 spiro atoms. The molecule has 1 atom stereocenters. The molecule has 3 aromatic carbocycles. The molecule has 0 fully saturated rings. The molecule has 1 amide bonds. The third-order valence-electron chi connectivity index (χ3n) is 6.24. The summed E-state index contributed by atoms with van der Waals surface area (Å²) in [5, 5.41) is 16.8. The Balaban J connectivity index is 1.58.